The summed E-state index contributed by atoms with van der Waals surface area (Å²) in [6.45, 7) is 25.2. The molecule has 3 fully saturated rings. The molecule has 2 amide bonds. The summed E-state index contributed by atoms with van der Waals surface area (Å²) in [4.78, 5) is 96.8. The zero-order valence-electron chi connectivity index (χ0n) is 76.8. The van der Waals surface area contributed by atoms with Crippen molar-refractivity contribution >= 4 is 75.7 Å². The lowest BCUT2D eigenvalue weighted by Gasteiger charge is -2.45. The van der Waals surface area contributed by atoms with Gasteiger partial charge in [0.15, 0.2) is 10.9 Å². The van der Waals surface area contributed by atoms with Crippen LogP contribution in [0.15, 0.2) is 258 Å². The zero-order valence-corrected chi connectivity index (χ0v) is 76.8. The van der Waals surface area contributed by atoms with Crippen LogP contribution in [0.3, 0.4) is 0 Å². The molecule has 0 spiro atoms. The van der Waals surface area contributed by atoms with Gasteiger partial charge < -0.3 is 71.8 Å². The number of aryl methyl sites for hydroxylation is 4. The second-order valence-electron chi connectivity index (χ2n) is 34.8. The minimum atomic E-state index is -1.06. The highest BCUT2D eigenvalue weighted by Gasteiger charge is 2.56. The molecule has 3 saturated heterocycles. The molecule has 8 aromatic carbocycles. The van der Waals surface area contributed by atoms with E-state index < -0.39 is 36.6 Å². The lowest BCUT2D eigenvalue weighted by molar-refractivity contribution is -0.159. The van der Waals surface area contributed by atoms with Crippen LogP contribution in [0.4, 0.5) is 11.4 Å². The molecule has 16 rings (SSSR count). The number of Topliss-reactive ketones (excluding diaryl/α,β-unsaturated/α-hetero) is 1. The van der Waals surface area contributed by atoms with E-state index in [2.05, 4.69) is 43.1 Å². The van der Waals surface area contributed by atoms with Crippen molar-refractivity contribution < 1.29 is 84.8 Å². The van der Waals surface area contributed by atoms with Crippen molar-refractivity contribution in [3.8, 4) is 79.4 Å². The Hall–Kier alpha value is -15.3. The van der Waals surface area contributed by atoms with Crippen LogP contribution >= 0.6 is 0 Å². The lowest BCUT2D eigenvalue weighted by atomic mass is 9.78. The summed E-state index contributed by atoms with van der Waals surface area (Å²) in [6, 6.07) is 57.8. The Kier molecular flexibility index (Phi) is 29.3. The SMILES string of the molecule is CC(C)[C@H]1C(=O)N[C@@H]1CC(=O)C(=[N+]=[N-])C(=O)OCc1ccc(N=[N+]=[N-])cc1.COc1ccc(-c2c3ccc(=O)cc-3oc3cc(OCc4ccc(OC/C=C/B5OC(C)(C)C(C)(C)O5)c(C)c4)ccc23)c(C)c1.COc1ccc(-c2c3ccc(=O)cc-3oc3cc(OCc4ccc(OC/C=C/C5=C(C(=O)OCc6ccc(N=[N+]=[N-])cc6)N6C(=O)[C@H](C(C)C)[C@H]6C5)c(C)c4)ccc23)c(C)c1. The number of nitrogens with one attached hydrogen (secondary N) is 1. The first-order valence-corrected chi connectivity index (χ1v) is 43.8. The number of ketones is 1. The van der Waals surface area contributed by atoms with Crippen molar-refractivity contribution in [1.29, 1.82) is 0 Å². The summed E-state index contributed by atoms with van der Waals surface area (Å²) in [7, 11) is 2.91. The zero-order chi connectivity index (χ0) is 95.4. The predicted octanol–water partition coefficient (Wildman–Crippen LogP) is 20.9. The summed E-state index contributed by atoms with van der Waals surface area (Å²) >= 11 is 0. The molecule has 0 unspecified atom stereocenters. The maximum atomic E-state index is 13.5. The van der Waals surface area contributed by atoms with Crippen molar-refractivity contribution in [2.75, 3.05) is 27.4 Å². The van der Waals surface area contributed by atoms with E-state index >= 15 is 0 Å². The Bertz CT molecular complexity index is 6820. The molecule has 0 saturated carbocycles. The van der Waals surface area contributed by atoms with Crippen LogP contribution in [0.5, 0.6) is 34.5 Å². The molecule has 2 aliphatic carbocycles. The third kappa shape index (κ3) is 21.5. The molecule has 0 aromatic heterocycles. The number of benzene rings is 10. The third-order valence-corrected chi connectivity index (χ3v) is 24.4. The largest absolute Gasteiger partial charge is 0.497 e. The third-order valence-electron chi connectivity index (χ3n) is 24.4. The van der Waals surface area contributed by atoms with Gasteiger partial charge in [0.05, 0.1) is 43.3 Å². The van der Waals surface area contributed by atoms with E-state index in [0.717, 1.165) is 106 Å². The summed E-state index contributed by atoms with van der Waals surface area (Å²) in [5, 5.41) is 11.4. The quantitative estimate of drug-likeness (QED) is 0.00485. The number of rotatable bonds is 31. The van der Waals surface area contributed by atoms with Crippen LogP contribution in [-0.2, 0) is 69.2 Å². The van der Waals surface area contributed by atoms with Gasteiger partial charge in [0.2, 0.25) is 11.8 Å². The highest BCUT2D eigenvalue weighted by molar-refractivity contribution is 6.62. The average Bonchev–Trinajstić information content (AvgIpc) is 1.57. The number of ether oxygens (including phenoxy) is 8. The average molecular weight is 1810 g/mol. The standard InChI is InChI=1S/C49H44N4O8.C38H39BO7.C17H18N6O4/c1-28(2)45-41-23-33(47(53(41)48(45)55)49(56)60-26-31-8-11-34(12-9-31)51-52-50)7-6-20-58-42-19-10-32(21-30(42)4)27-59-37-15-18-40-44(25-37)61-43-24-35(54)13-16-39(43)46(40)38-17-14-36(57-5)22-29(38)3;1-24-20-28(41-7)11-14-30(24)36-31-13-10-27(40)21-34(31)44-35-22-29(12-15-32(35)36)43-23-26-9-16-33(25(2)19-26)42-18-8-17-39-45-37(3,4)38(5,6)46-39;1-9(2)14-12(20-16(14)25)7-13(24)15(21-18)17(26)27-8-10-3-5-11(6-4-10)22-23-19/h6-19,21-22,24-25,28,41,45H,20,23,26-27H2,1-5H3;8-17,19-22H,18,23H2,1-7H3;3-6,9,12,14H,7-8H2,1-2H3,(H,20,25)/b7-6+;17-8+;/t41-,45-;;12-,14-/m1.1/s1. The number of fused-ring (bicyclic) bond motifs is 5. The maximum absolute atomic E-state index is 13.5. The molecule has 6 heterocycles. The molecular formula is C104H101BN10O19. The second kappa shape index (κ2) is 41.4. The van der Waals surface area contributed by atoms with Crippen molar-refractivity contribution in [3.05, 3.63) is 321 Å². The number of nitrogens with zero attached hydrogens (tertiary/aromatic N) is 9. The van der Waals surface area contributed by atoms with Crippen molar-refractivity contribution in [2.24, 2.45) is 33.9 Å². The minimum Gasteiger partial charge on any atom is -0.497 e. The molecule has 29 nitrogen and oxygen atoms in total. The number of hydrogen-bond acceptors (Lipinski definition) is 21. The van der Waals surface area contributed by atoms with Crippen molar-refractivity contribution in [2.45, 2.75) is 146 Å². The first-order valence-electron chi connectivity index (χ1n) is 43.8. The topological polar surface area (TPSA) is 387 Å². The summed E-state index contributed by atoms with van der Waals surface area (Å²) in [5.74, 6) is 4.43. The second-order valence-corrected chi connectivity index (χ2v) is 34.8. The van der Waals surface area contributed by atoms with Gasteiger partial charge in [-0.3, -0.25) is 24.0 Å². The Morgan fingerprint density at radius 1 is 0.522 bits per heavy atom. The number of hydrogen-bond donors (Lipinski definition) is 1. The Balaban J connectivity index is 0.000000174. The normalized spacial score (nSPS) is 16.2. The van der Waals surface area contributed by atoms with Crippen LogP contribution in [0.25, 0.3) is 93.3 Å². The van der Waals surface area contributed by atoms with E-state index in [1.807, 2.05) is 216 Å². The molecular weight excluding hydrogens is 1700 g/mol. The number of carbonyl (C=O) groups excluding carboxylic acids is 5. The number of esters is 2. The Labute approximate surface area is 773 Å². The van der Waals surface area contributed by atoms with E-state index in [0.29, 0.717) is 83.1 Å². The number of methoxy groups -OCH3 is 2. The van der Waals surface area contributed by atoms with Crippen LogP contribution in [0.2, 0.25) is 0 Å². The fourth-order valence-corrected chi connectivity index (χ4v) is 16.8. The molecule has 1 N–H and O–H groups in total. The Morgan fingerprint density at radius 3 is 1.43 bits per heavy atom. The molecule has 0 radical (unpaired) electrons. The molecule has 4 atom stereocenters. The van der Waals surface area contributed by atoms with Gasteiger partial charge in [0, 0.05) is 91.0 Å². The van der Waals surface area contributed by atoms with Gasteiger partial charge in [0.1, 0.15) is 103 Å². The molecule has 684 valence electrons. The first kappa shape index (κ1) is 94.8. The fraction of sp³-hybridized carbons (Fsp3) is 0.288. The van der Waals surface area contributed by atoms with Crippen LogP contribution < -0.4 is 44.6 Å². The number of azide groups is 2. The van der Waals surface area contributed by atoms with E-state index in [9.17, 15) is 33.6 Å². The van der Waals surface area contributed by atoms with Gasteiger partial charge in [-0.05, 0) is 249 Å². The smallest absolute Gasteiger partial charge is 0.486 e. The van der Waals surface area contributed by atoms with E-state index in [1.54, 1.807) is 79.8 Å². The van der Waals surface area contributed by atoms with Gasteiger partial charge in [0.25, 0.3) is 5.78 Å². The monoisotopic (exact) mass is 1800 g/mol. The molecule has 134 heavy (non-hydrogen) atoms. The van der Waals surface area contributed by atoms with Gasteiger partial charge in [-0.1, -0.05) is 129 Å². The van der Waals surface area contributed by atoms with Gasteiger partial charge in [-0.2, -0.15) is 4.79 Å². The van der Waals surface area contributed by atoms with Crippen LogP contribution in [0.1, 0.15) is 113 Å². The van der Waals surface area contributed by atoms with E-state index in [-0.39, 0.29) is 95.5 Å². The molecule has 6 aliphatic heterocycles. The number of carbonyl (C=O) groups is 5. The first-order chi connectivity index (χ1) is 64.3. The summed E-state index contributed by atoms with van der Waals surface area (Å²) < 4.78 is 70.7. The lowest BCUT2D eigenvalue weighted by Crippen LogP contribution is -2.61. The summed E-state index contributed by atoms with van der Waals surface area (Å²) in [5.41, 5.74) is 40.5. The Morgan fingerprint density at radius 2 is 0.985 bits per heavy atom. The van der Waals surface area contributed by atoms with Gasteiger partial charge in [-0.15, -0.1) is 0 Å². The number of β-lactam (4-membered cyclic amide) rings is 2. The van der Waals surface area contributed by atoms with Crippen molar-refractivity contribution in [3.63, 3.8) is 0 Å². The summed E-state index contributed by atoms with van der Waals surface area (Å²) in [6.07, 6.45) is 6.03. The number of amides is 2. The highest BCUT2D eigenvalue weighted by atomic mass is 16.7. The van der Waals surface area contributed by atoms with Crippen molar-refractivity contribution in [1.82, 2.24) is 10.2 Å². The van der Waals surface area contributed by atoms with E-state index in [4.69, 9.17) is 72.6 Å². The van der Waals surface area contributed by atoms with E-state index in [1.165, 1.54) is 12.1 Å². The molecule has 0 bridgehead atoms. The predicted molar refractivity (Wildman–Crippen MR) is 507 cm³/mol. The highest BCUT2D eigenvalue weighted by Crippen LogP contribution is 2.48. The van der Waals surface area contributed by atoms with Crippen LogP contribution in [0, 0.1) is 51.4 Å². The molecule has 8 aromatic rings. The fourth-order valence-electron chi connectivity index (χ4n) is 16.8. The molecule has 8 aliphatic rings. The molecule has 30 heteroatoms. The van der Waals surface area contributed by atoms with Crippen LogP contribution in [-0.4, -0.2) is 103 Å². The maximum Gasteiger partial charge on any atom is 0.486 e. The van der Waals surface area contributed by atoms with Gasteiger partial charge >= 0.3 is 24.8 Å². The number of allylic oxidation sites excluding steroid dienone is 1. The minimum absolute atomic E-state index is 0.00522. The van der Waals surface area contributed by atoms with Gasteiger partial charge in [-0.25, -0.2) is 9.59 Å².